The second-order valence-corrected chi connectivity index (χ2v) is 4.24. The number of hydrogen-bond acceptors (Lipinski definition) is 2. The molecule has 12 heavy (non-hydrogen) atoms. The smallest absolute Gasteiger partial charge is 0.0620 e. The highest BCUT2D eigenvalue weighted by Crippen LogP contribution is 2.26. The SMILES string of the molecule is CC(C)C(N)COCC1CCC1. The van der Waals surface area contributed by atoms with Crippen molar-refractivity contribution in [1.82, 2.24) is 0 Å². The van der Waals surface area contributed by atoms with Crippen LogP contribution in [0.2, 0.25) is 0 Å². The monoisotopic (exact) mass is 171 g/mol. The summed E-state index contributed by atoms with van der Waals surface area (Å²) in [7, 11) is 0. The van der Waals surface area contributed by atoms with Gasteiger partial charge in [0.2, 0.25) is 0 Å². The van der Waals surface area contributed by atoms with Crippen LogP contribution in [-0.4, -0.2) is 19.3 Å². The minimum atomic E-state index is 0.213. The van der Waals surface area contributed by atoms with Gasteiger partial charge in [0.25, 0.3) is 0 Å². The minimum absolute atomic E-state index is 0.213. The van der Waals surface area contributed by atoms with Crippen molar-refractivity contribution in [3.8, 4) is 0 Å². The Morgan fingerprint density at radius 1 is 1.42 bits per heavy atom. The number of nitrogens with two attached hydrogens (primary N) is 1. The topological polar surface area (TPSA) is 35.2 Å². The first kappa shape index (κ1) is 10.0. The maximum atomic E-state index is 5.84. The Hall–Kier alpha value is -0.0800. The summed E-state index contributed by atoms with van der Waals surface area (Å²) >= 11 is 0. The first-order valence-corrected chi connectivity index (χ1v) is 5.03. The van der Waals surface area contributed by atoms with Gasteiger partial charge in [0, 0.05) is 12.6 Å². The van der Waals surface area contributed by atoms with Crippen LogP contribution in [-0.2, 0) is 4.74 Å². The van der Waals surface area contributed by atoms with Gasteiger partial charge >= 0.3 is 0 Å². The lowest BCUT2D eigenvalue weighted by molar-refractivity contribution is 0.0556. The Morgan fingerprint density at radius 2 is 2.08 bits per heavy atom. The van der Waals surface area contributed by atoms with Gasteiger partial charge in [0.05, 0.1) is 6.61 Å². The summed E-state index contributed by atoms with van der Waals surface area (Å²) in [6.07, 6.45) is 4.11. The quantitative estimate of drug-likeness (QED) is 0.684. The summed E-state index contributed by atoms with van der Waals surface area (Å²) in [5, 5.41) is 0. The van der Waals surface area contributed by atoms with E-state index in [9.17, 15) is 0 Å². The molecule has 1 saturated carbocycles. The molecule has 0 spiro atoms. The molecule has 0 radical (unpaired) electrons. The van der Waals surface area contributed by atoms with Crippen LogP contribution in [0.5, 0.6) is 0 Å². The van der Waals surface area contributed by atoms with Crippen molar-refractivity contribution < 1.29 is 4.74 Å². The van der Waals surface area contributed by atoms with Crippen molar-refractivity contribution >= 4 is 0 Å². The van der Waals surface area contributed by atoms with Crippen LogP contribution in [0.1, 0.15) is 33.1 Å². The summed E-state index contributed by atoms with van der Waals surface area (Å²) < 4.78 is 5.54. The standard InChI is InChI=1S/C10H21NO/c1-8(2)10(11)7-12-6-9-4-3-5-9/h8-10H,3-7,11H2,1-2H3. The Bertz CT molecular complexity index is 121. The van der Waals surface area contributed by atoms with Gasteiger partial charge in [0.1, 0.15) is 0 Å². The molecule has 1 unspecified atom stereocenters. The second-order valence-electron chi connectivity index (χ2n) is 4.24. The van der Waals surface area contributed by atoms with Crippen molar-refractivity contribution in [2.24, 2.45) is 17.6 Å². The van der Waals surface area contributed by atoms with E-state index in [-0.39, 0.29) is 6.04 Å². The molecule has 0 aromatic rings. The highest BCUT2D eigenvalue weighted by atomic mass is 16.5. The number of rotatable bonds is 5. The van der Waals surface area contributed by atoms with Crippen molar-refractivity contribution in [1.29, 1.82) is 0 Å². The van der Waals surface area contributed by atoms with Crippen LogP contribution in [0.3, 0.4) is 0 Å². The summed E-state index contributed by atoms with van der Waals surface area (Å²) in [6, 6.07) is 0.213. The molecule has 1 fully saturated rings. The molecule has 1 aliphatic rings. The third kappa shape index (κ3) is 3.11. The van der Waals surface area contributed by atoms with Gasteiger partial charge in [-0.3, -0.25) is 0 Å². The van der Waals surface area contributed by atoms with Gasteiger partial charge in [-0.25, -0.2) is 0 Å². The molecule has 1 rings (SSSR count). The molecule has 0 amide bonds. The molecule has 0 bridgehead atoms. The van der Waals surface area contributed by atoms with Gasteiger partial charge in [-0.2, -0.15) is 0 Å². The third-order valence-corrected chi connectivity index (χ3v) is 2.74. The van der Waals surface area contributed by atoms with Crippen molar-refractivity contribution in [2.75, 3.05) is 13.2 Å². The molecule has 2 nitrogen and oxygen atoms in total. The summed E-state index contributed by atoms with van der Waals surface area (Å²) in [4.78, 5) is 0. The Balaban J connectivity index is 1.93. The Morgan fingerprint density at radius 3 is 2.50 bits per heavy atom. The van der Waals surface area contributed by atoms with Crippen LogP contribution in [0.4, 0.5) is 0 Å². The molecule has 1 atom stereocenters. The molecule has 1 aliphatic carbocycles. The third-order valence-electron chi connectivity index (χ3n) is 2.74. The van der Waals surface area contributed by atoms with Gasteiger partial charge in [-0.05, 0) is 24.7 Å². The first-order chi connectivity index (χ1) is 5.70. The molecule has 72 valence electrons. The molecule has 0 aromatic heterocycles. The van der Waals surface area contributed by atoms with E-state index in [1.165, 1.54) is 19.3 Å². The van der Waals surface area contributed by atoms with Crippen LogP contribution >= 0.6 is 0 Å². The molecular weight excluding hydrogens is 150 g/mol. The highest BCUT2D eigenvalue weighted by molar-refractivity contribution is 4.70. The summed E-state index contributed by atoms with van der Waals surface area (Å²) in [6.45, 7) is 5.93. The minimum Gasteiger partial charge on any atom is -0.380 e. The number of ether oxygens (including phenoxy) is 1. The van der Waals surface area contributed by atoms with E-state index in [0.717, 1.165) is 19.1 Å². The van der Waals surface area contributed by atoms with Crippen molar-refractivity contribution in [2.45, 2.75) is 39.2 Å². The second kappa shape index (κ2) is 4.83. The van der Waals surface area contributed by atoms with E-state index < -0.39 is 0 Å². The lowest BCUT2D eigenvalue weighted by Gasteiger charge is -2.26. The fourth-order valence-corrected chi connectivity index (χ4v) is 1.22. The van der Waals surface area contributed by atoms with Crippen LogP contribution in [0, 0.1) is 11.8 Å². The van der Waals surface area contributed by atoms with Crippen molar-refractivity contribution in [3.63, 3.8) is 0 Å². The van der Waals surface area contributed by atoms with Crippen molar-refractivity contribution in [3.05, 3.63) is 0 Å². The molecule has 0 aromatic carbocycles. The molecule has 0 aliphatic heterocycles. The fraction of sp³-hybridized carbons (Fsp3) is 1.00. The Kier molecular flexibility index (Phi) is 4.02. The average molecular weight is 171 g/mol. The predicted molar refractivity (Wildman–Crippen MR) is 51.0 cm³/mol. The maximum Gasteiger partial charge on any atom is 0.0620 e. The van der Waals surface area contributed by atoms with E-state index in [4.69, 9.17) is 10.5 Å². The predicted octanol–water partition coefficient (Wildman–Crippen LogP) is 1.79. The zero-order valence-corrected chi connectivity index (χ0v) is 8.25. The van der Waals surface area contributed by atoms with Gasteiger partial charge in [-0.15, -0.1) is 0 Å². The normalized spacial score (nSPS) is 21.0. The fourth-order valence-electron chi connectivity index (χ4n) is 1.22. The zero-order chi connectivity index (χ0) is 8.97. The molecule has 0 saturated heterocycles. The van der Waals surface area contributed by atoms with Crippen LogP contribution < -0.4 is 5.73 Å². The van der Waals surface area contributed by atoms with Crippen LogP contribution in [0.15, 0.2) is 0 Å². The van der Waals surface area contributed by atoms with E-state index in [1.807, 2.05) is 0 Å². The van der Waals surface area contributed by atoms with Gasteiger partial charge in [0.15, 0.2) is 0 Å². The Labute approximate surface area is 75.5 Å². The molecule has 2 N–H and O–H groups in total. The average Bonchev–Trinajstić information content (AvgIpc) is 1.93. The molecule has 2 heteroatoms. The summed E-state index contributed by atoms with van der Waals surface area (Å²) in [5.41, 5.74) is 5.84. The van der Waals surface area contributed by atoms with E-state index in [0.29, 0.717) is 5.92 Å². The lowest BCUT2D eigenvalue weighted by atomic mass is 9.86. The van der Waals surface area contributed by atoms with Gasteiger partial charge < -0.3 is 10.5 Å². The largest absolute Gasteiger partial charge is 0.380 e. The maximum absolute atomic E-state index is 5.84. The lowest BCUT2D eigenvalue weighted by Crippen LogP contribution is -2.33. The molecular formula is C10H21NO. The van der Waals surface area contributed by atoms with E-state index >= 15 is 0 Å². The summed E-state index contributed by atoms with van der Waals surface area (Å²) in [5.74, 6) is 1.37. The zero-order valence-electron chi connectivity index (χ0n) is 8.25. The van der Waals surface area contributed by atoms with Gasteiger partial charge in [-0.1, -0.05) is 20.3 Å². The first-order valence-electron chi connectivity index (χ1n) is 5.03. The highest BCUT2D eigenvalue weighted by Gasteiger charge is 2.17. The van der Waals surface area contributed by atoms with Crippen LogP contribution in [0.25, 0.3) is 0 Å². The van der Waals surface area contributed by atoms with E-state index in [2.05, 4.69) is 13.8 Å². The van der Waals surface area contributed by atoms with E-state index in [1.54, 1.807) is 0 Å². The number of hydrogen-bond donors (Lipinski definition) is 1. The molecule has 0 heterocycles.